The van der Waals surface area contributed by atoms with E-state index >= 15 is 0 Å². The summed E-state index contributed by atoms with van der Waals surface area (Å²) in [5.41, 5.74) is 0.675. The maximum Gasteiger partial charge on any atom is 0.314 e. The van der Waals surface area contributed by atoms with Gasteiger partial charge in [-0.05, 0) is 12.8 Å². The maximum atomic E-state index is 10.7. The van der Waals surface area contributed by atoms with Gasteiger partial charge in [-0.2, -0.15) is 0 Å². The number of amides is 2. The van der Waals surface area contributed by atoms with Gasteiger partial charge in [-0.15, -0.1) is 0 Å². The zero-order valence-electron chi connectivity index (χ0n) is 9.13. The van der Waals surface area contributed by atoms with Crippen LogP contribution in [0.1, 0.15) is 13.8 Å². The molecule has 0 fully saturated rings. The first-order valence-electron chi connectivity index (χ1n) is 4.48. The lowest BCUT2D eigenvalue weighted by Crippen LogP contribution is -2.33. The topological polar surface area (TPSA) is 53.5 Å². The van der Waals surface area contributed by atoms with Crippen molar-refractivity contribution in [1.82, 2.24) is 10.6 Å². The molecule has 14 heavy (non-hydrogen) atoms. The molecule has 0 saturated heterocycles. The summed E-state index contributed by atoms with van der Waals surface area (Å²) in [4.78, 5) is 14.4. The van der Waals surface area contributed by atoms with Crippen molar-refractivity contribution in [1.29, 1.82) is 0 Å². The van der Waals surface area contributed by atoms with Gasteiger partial charge < -0.3 is 10.6 Å². The first-order chi connectivity index (χ1) is 6.74. The van der Waals surface area contributed by atoms with Gasteiger partial charge in [0.1, 0.15) is 0 Å². The molecule has 0 heterocycles. The van der Waals surface area contributed by atoms with Crippen molar-refractivity contribution < 1.29 is 4.79 Å². The summed E-state index contributed by atoms with van der Waals surface area (Å²) in [6, 6.07) is -0.242. The van der Waals surface area contributed by atoms with Crippen molar-refractivity contribution in [2.24, 2.45) is 4.99 Å². The molecule has 2 N–H and O–H groups in total. The van der Waals surface area contributed by atoms with Crippen molar-refractivity contribution in [3.63, 3.8) is 0 Å². The number of carbonyl (C=O) groups is 1. The van der Waals surface area contributed by atoms with E-state index < -0.39 is 0 Å². The van der Waals surface area contributed by atoms with Crippen molar-refractivity contribution in [3.8, 4) is 0 Å². The van der Waals surface area contributed by atoms with Crippen LogP contribution >= 0.6 is 0 Å². The molecule has 80 valence electrons. The van der Waals surface area contributed by atoms with E-state index in [0.717, 1.165) is 0 Å². The van der Waals surface area contributed by atoms with Gasteiger partial charge in [0.2, 0.25) is 0 Å². The monoisotopic (exact) mass is 197 g/mol. The number of nitrogens with one attached hydrogen (secondary N) is 2. The number of hydrogen-bond donors (Lipinski definition) is 2. The largest absolute Gasteiger partial charge is 0.341 e. The fourth-order valence-corrected chi connectivity index (χ4v) is 0.563. The minimum absolute atomic E-state index is 0.242. The predicted octanol–water partition coefficient (Wildman–Crippen LogP) is 1.71. The molecule has 0 spiro atoms. The van der Waals surface area contributed by atoms with Gasteiger partial charge in [-0.3, -0.25) is 4.99 Å². The first kappa shape index (κ1) is 14.9. The Kier molecular flexibility index (Phi) is 12.2. The molecule has 0 radical (unpaired) electrons. The van der Waals surface area contributed by atoms with Crippen LogP contribution in [0.4, 0.5) is 4.79 Å². The number of rotatable bonds is 4. The number of urea groups is 1. The van der Waals surface area contributed by atoms with E-state index in [1.165, 1.54) is 0 Å². The normalized spacial score (nSPS) is 9.21. The molecule has 2 amide bonds. The quantitative estimate of drug-likeness (QED) is 0.523. The molecule has 0 atom stereocenters. The lowest BCUT2D eigenvalue weighted by atomic mass is 10.4. The van der Waals surface area contributed by atoms with Crippen molar-refractivity contribution >= 4 is 12.7 Å². The average molecular weight is 197 g/mol. The third-order valence-corrected chi connectivity index (χ3v) is 1.17. The van der Waals surface area contributed by atoms with Crippen LogP contribution in [0.5, 0.6) is 0 Å². The Labute approximate surface area is 85.8 Å². The molecular formula is C10H19N3O. The Morgan fingerprint density at radius 3 is 2.43 bits per heavy atom. The molecular weight excluding hydrogens is 178 g/mol. The van der Waals surface area contributed by atoms with Crippen LogP contribution in [0.3, 0.4) is 0 Å². The van der Waals surface area contributed by atoms with Gasteiger partial charge in [-0.25, -0.2) is 4.79 Å². The number of nitrogens with zero attached hydrogens (tertiary/aromatic N) is 1. The van der Waals surface area contributed by atoms with Crippen molar-refractivity contribution in [3.05, 3.63) is 24.4 Å². The molecule has 0 aromatic heterocycles. The highest BCUT2D eigenvalue weighted by Gasteiger charge is 1.95. The second kappa shape index (κ2) is 11.4. The summed E-state index contributed by atoms with van der Waals surface area (Å²) >= 11 is 0. The molecule has 0 saturated carbocycles. The van der Waals surface area contributed by atoms with Gasteiger partial charge in [0.15, 0.2) is 0 Å². The lowest BCUT2D eigenvalue weighted by Gasteiger charge is -2.02. The van der Waals surface area contributed by atoms with E-state index in [9.17, 15) is 4.79 Å². The summed E-state index contributed by atoms with van der Waals surface area (Å²) < 4.78 is 0. The highest BCUT2D eigenvalue weighted by Crippen LogP contribution is 1.92. The smallest absolute Gasteiger partial charge is 0.314 e. The lowest BCUT2D eigenvalue weighted by molar-refractivity contribution is 0.243. The van der Waals surface area contributed by atoms with Gasteiger partial charge >= 0.3 is 6.03 Å². The molecule has 0 bridgehead atoms. The molecule has 0 rings (SSSR count). The van der Waals surface area contributed by atoms with E-state index in [1.54, 1.807) is 19.2 Å². The van der Waals surface area contributed by atoms with Crippen molar-refractivity contribution in [2.45, 2.75) is 13.8 Å². The molecule has 0 aliphatic rings. The van der Waals surface area contributed by atoms with E-state index in [1.807, 2.05) is 13.8 Å². The highest BCUT2D eigenvalue weighted by atomic mass is 16.2. The molecule has 4 heteroatoms. The van der Waals surface area contributed by atoms with Crippen LogP contribution in [0, 0.1) is 0 Å². The standard InChI is InChI=1S/C8H13N3O.C2H6/c1-4-5-7(9-2)6-11-8(12)10-3;1-2/h4-5H,1-2,6H2,3H3,(H2,10,11,12);1-2H3/b7-5-;. The van der Waals surface area contributed by atoms with Crippen LogP contribution in [0.15, 0.2) is 29.4 Å². The molecule has 0 unspecified atom stereocenters. The molecule has 0 aromatic carbocycles. The minimum atomic E-state index is -0.242. The molecule has 0 aliphatic carbocycles. The number of aliphatic imine (C=N–C) groups is 1. The molecule has 4 nitrogen and oxygen atoms in total. The van der Waals surface area contributed by atoms with Gasteiger partial charge in [0, 0.05) is 7.05 Å². The number of hydrogen-bond acceptors (Lipinski definition) is 2. The Balaban J connectivity index is 0. The Bertz CT molecular complexity index is 209. The van der Waals surface area contributed by atoms with Gasteiger partial charge in [0.05, 0.1) is 12.2 Å². The predicted molar refractivity (Wildman–Crippen MR) is 61.6 cm³/mol. The van der Waals surface area contributed by atoms with Gasteiger partial charge in [0.25, 0.3) is 0 Å². The number of allylic oxidation sites excluding steroid dienone is 2. The summed E-state index contributed by atoms with van der Waals surface area (Å²) in [5, 5.41) is 4.99. The Hall–Kier alpha value is -1.58. The highest BCUT2D eigenvalue weighted by molar-refractivity contribution is 5.73. The van der Waals surface area contributed by atoms with E-state index in [-0.39, 0.29) is 6.03 Å². The van der Waals surface area contributed by atoms with Crippen LogP contribution in [-0.2, 0) is 0 Å². The SMILES string of the molecule is C=C/C=C(/CNC(=O)NC)N=C.CC. The summed E-state index contributed by atoms with van der Waals surface area (Å²) in [7, 11) is 1.55. The van der Waals surface area contributed by atoms with Gasteiger partial charge in [-0.1, -0.05) is 26.5 Å². The zero-order valence-corrected chi connectivity index (χ0v) is 9.13. The Morgan fingerprint density at radius 1 is 1.50 bits per heavy atom. The van der Waals surface area contributed by atoms with Crippen LogP contribution in [0.2, 0.25) is 0 Å². The third kappa shape index (κ3) is 8.52. The summed E-state index contributed by atoms with van der Waals surface area (Å²) in [6.07, 6.45) is 3.28. The fraction of sp³-hybridized carbons (Fsp3) is 0.400. The maximum absolute atomic E-state index is 10.7. The van der Waals surface area contributed by atoms with E-state index in [0.29, 0.717) is 12.2 Å². The minimum Gasteiger partial charge on any atom is -0.341 e. The number of carbonyl (C=O) groups excluding carboxylic acids is 1. The second-order valence-corrected chi connectivity index (χ2v) is 1.98. The van der Waals surface area contributed by atoms with Crippen LogP contribution < -0.4 is 10.6 Å². The van der Waals surface area contributed by atoms with Crippen molar-refractivity contribution in [2.75, 3.05) is 13.6 Å². The first-order valence-corrected chi connectivity index (χ1v) is 4.48. The third-order valence-electron chi connectivity index (χ3n) is 1.17. The fourth-order valence-electron chi connectivity index (χ4n) is 0.563. The summed E-state index contributed by atoms with van der Waals surface area (Å²) in [5.74, 6) is 0. The van der Waals surface area contributed by atoms with E-state index in [4.69, 9.17) is 0 Å². The van der Waals surface area contributed by atoms with E-state index in [2.05, 4.69) is 28.9 Å². The average Bonchev–Trinajstić information content (AvgIpc) is 2.26. The van der Waals surface area contributed by atoms with Crippen LogP contribution in [0.25, 0.3) is 0 Å². The summed E-state index contributed by atoms with van der Waals surface area (Å²) in [6.45, 7) is 11.2. The molecule has 0 aliphatic heterocycles. The second-order valence-electron chi connectivity index (χ2n) is 1.98. The zero-order chi connectivity index (χ0) is 11.4. The Morgan fingerprint density at radius 2 is 2.07 bits per heavy atom. The molecule has 0 aromatic rings. The van der Waals surface area contributed by atoms with Crippen LogP contribution in [-0.4, -0.2) is 26.3 Å².